The first-order chi connectivity index (χ1) is 9.65. The van der Waals surface area contributed by atoms with Crippen molar-refractivity contribution in [1.29, 1.82) is 0 Å². The van der Waals surface area contributed by atoms with E-state index in [1.165, 1.54) is 19.3 Å². The minimum atomic E-state index is -0.507. The van der Waals surface area contributed by atoms with Gasteiger partial charge in [0.25, 0.3) is 0 Å². The fraction of sp³-hybridized carbons (Fsp3) is 0.600. The van der Waals surface area contributed by atoms with Crippen LogP contribution < -0.4 is 5.32 Å². The second kappa shape index (κ2) is 8.41. The maximum absolute atomic E-state index is 9.95. The lowest BCUT2D eigenvalue weighted by molar-refractivity contribution is -0.0195. The normalized spacial score (nSPS) is 17.9. The van der Waals surface area contributed by atoms with Gasteiger partial charge in [0.05, 0.1) is 29.5 Å². The molecule has 0 bridgehead atoms. The molecule has 1 unspecified atom stereocenters. The van der Waals surface area contributed by atoms with E-state index in [2.05, 4.69) is 27.9 Å². The van der Waals surface area contributed by atoms with Crippen molar-refractivity contribution in [3.05, 3.63) is 26.8 Å². The predicted octanol–water partition coefficient (Wildman–Crippen LogP) is 4.07. The molecule has 0 heterocycles. The Bertz CT molecular complexity index is 424. The summed E-state index contributed by atoms with van der Waals surface area (Å²) in [4.78, 5) is 0. The van der Waals surface area contributed by atoms with Crippen LogP contribution in [0.2, 0.25) is 5.02 Å². The SMILES string of the molecule is OC(CNc1ccc(I)cc1Cl)COC1CCCCC1. The highest BCUT2D eigenvalue weighted by molar-refractivity contribution is 14.1. The van der Waals surface area contributed by atoms with Crippen molar-refractivity contribution in [3.8, 4) is 0 Å². The van der Waals surface area contributed by atoms with Gasteiger partial charge in [-0.05, 0) is 53.6 Å². The van der Waals surface area contributed by atoms with E-state index >= 15 is 0 Å². The third-order valence-corrected chi connectivity index (χ3v) is 4.52. The lowest BCUT2D eigenvalue weighted by atomic mass is 9.98. The van der Waals surface area contributed by atoms with Gasteiger partial charge in [-0.15, -0.1) is 0 Å². The molecule has 0 radical (unpaired) electrons. The fourth-order valence-corrected chi connectivity index (χ4v) is 3.32. The molecular weight excluding hydrogens is 389 g/mol. The number of aliphatic hydroxyl groups is 1. The zero-order chi connectivity index (χ0) is 14.4. The van der Waals surface area contributed by atoms with Crippen LogP contribution in [0.15, 0.2) is 18.2 Å². The van der Waals surface area contributed by atoms with E-state index in [1.807, 2.05) is 18.2 Å². The molecule has 1 aromatic carbocycles. The van der Waals surface area contributed by atoms with Gasteiger partial charge in [-0.25, -0.2) is 0 Å². The minimum absolute atomic E-state index is 0.334. The van der Waals surface area contributed by atoms with Crippen LogP contribution in [-0.4, -0.2) is 30.5 Å². The summed E-state index contributed by atoms with van der Waals surface area (Å²) in [6, 6.07) is 5.81. The maximum atomic E-state index is 9.95. The maximum Gasteiger partial charge on any atom is 0.0945 e. The van der Waals surface area contributed by atoms with E-state index in [9.17, 15) is 5.11 Å². The molecule has 1 saturated carbocycles. The van der Waals surface area contributed by atoms with Crippen LogP contribution in [0.4, 0.5) is 5.69 Å². The largest absolute Gasteiger partial charge is 0.389 e. The highest BCUT2D eigenvalue weighted by Gasteiger charge is 2.15. The van der Waals surface area contributed by atoms with Crippen molar-refractivity contribution in [1.82, 2.24) is 0 Å². The highest BCUT2D eigenvalue weighted by Crippen LogP contribution is 2.24. The first kappa shape index (κ1) is 16.3. The Hall–Kier alpha value is -0.0400. The van der Waals surface area contributed by atoms with Crippen molar-refractivity contribution in [2.24, 2.45) is 0 Å². The van der Waals surface area contributed by atoms with Crippen molar-refractivity contribution in [2.75, 3.05) is 18.5 Å². The van der Waals surface area contributed by atoms with Crippen LogP contribution >= 0.6 is 34.2 Å². The molecule has 1 atom stereocenters. The first-order valence-corrected chi connectivity index (χ1v) is 8.59. The Morgan fingerprint density at radius 3 is 2.80 bits per heavy atom. The minimum Gasteiger partial charge on any atom is -0.389 e. The van der Waals surface area contributed by atoms with Crippen LogP contribution in [0.5, 0.6) is 0 Å². The monoisotopic (exact) mass is 409 g/mol. The molecule has 0 aromatic heterocycles. The molecule has 112 valence electrons. The Morgan fingerprint density at radius 2 is 2.10 bits per heavy atom. The van der Waals surface area contributed by atoms with Crippen molar-refractivity contribution < 1.29 is 9.84 Å². The molecular formula is C15H21ClINO2. The summed E-state index contributed by atoms with van der Waals surface area (Å²) in [5, 5.41) is 13.8. The van der Waals surface area contributed by atoms with Gasteiger partial charge < -0.3 is 15.2 Å². The molecule has 0 aliphatic heterocycles. The van der Waals surface area contributed by atoms with Crippen LogP contribution in [0.3, 0.4) is 0 Å². The van der Waals surface area contributed by atoms with Gasteiger partial charge in [0, 0.05) is 10.1 Å². The van der Waals surface area contributed by atoms with Gasteiger partial charge in [-0.1, -0.05) is 30.9 Å². The van der Waals surface area contributed by atoms with Gasteiger partial charge in [-0.2, -0.15) is 0 Å². The van der Waals surface area contributed by atoms with E-state index in [0.717, 1.165) is 22.1 Å². The van der Waals surface area contributed by atoms with Crippen molar-refractivity contribution >= 4 is 39.9 Å². The van der Waals surface area contributed by atoms with Crippen LogP contribution in [0, 0.1) is 3.57 Å². The number of rotatable bonds is 6. The number of halogens is 2. The van der Waals surface area contributed by atoms with E-state index in [1.54, 1.807) is 0 Å². The summed E-state index contributed by atoms with van der Waals surface area (Å²) in [7, 11) is 0. The first-order valence-electron chi connectivity index (χ1n) is 7.14. The zero-order valence-electron chi connectivity index (χ0n) is 11.4. The van der Waals surface area contributed by atoms with E-state index in [-0.39, 0.29) is 0 Å². The second-order valence-electron chi connectivity index (χ2n) is 5.25. The van der Waals surface area contributed by atoms with Crippen LogP contribution in [0.1, 0.15) is 32.1 Å². The molecule has 0 saturated heterocycles. The smallest absolute Gasteiger partial charge is 0.0945 e. The quantitative estimate of drug-likeness (QED) is 0.696. The summed E-state index contributed by atoms with van der Waals surface area (Å²) in [5.41, 5.74) is 0.851. The number of hydrogen-bond donors (Lipinski definition) is 2. The third-order valence-electron chi connectivity index (χ3n) is 3.54. The number of anilines is 1. The summed E-state index contributed by atoms with van der Waals surface area (Å²) >= 11 is 8.35. The standard InChI is InChI=1S/C15H21ClINO2/c16-14-8-11(17)6-7-15(14)18-9-12(19)10-20-13-4-2-1-3-5-13/h6-8,12-13,18-19H,1-5,9-10H2. The Kier molecular flexibility index (Phi) is 6.87. The van der Waals surface area contributed by atoms with Crippen LogP contribution in [0.25, 0.3) is 0 Å². The summed E-state index contributed by atoms with van der Waals surface area (Å²) in [6.45, 7) is 0.840. The molecule has 1 fully saturated rings. The Labute approximate surface area is 139 Å². The number of nitrogens with one attached hydrogen (secondary N) is 1. The number of aliphatic hydroxyl groups excluding tert-OH is 1. The number of hydrogen-bond acceptors (Lipinski definition) is 3. The van der Waals surface area contributed by atoms with Crippen molar-refractivity contribution in [2.45, 2.75) is 44.3 Å². The van der Waals surface area contributed by atoms with E-state index in [4.69, 9.17) is 16.3 Å². The lowest BCUT2D eigenvalue weighted by Gasteiger charge is -2.23. The number of benzene rings is 1. The third kappa shape index (κ3) is 5.39. The molecule has 0 spiro atoms. The Morgan fingerprint density at radius 1 is 1.35 bits per heavy atom. The number of ether oxygens (including phenoxy) is 1. The molecule has 5 heteroatoms. The van der Waals surface area contributed by atoms with E-state index in [0.29, 0.717) is 24.3 Å². The molecule has 1 aromatic rings. The molecule has 2 rings (SSSR count). The summed E-state index contributed by atoms with van der Waals surface area (Å²) in [6.07, 6.45) is 5.89. The van der Waals surface area contributed by atoms with Gasteiger partial charge >= 0.3 is 0 Å². The lowest BCUT2D eigenvalue weighted by Crippen LogP contribution is -2.28. The average Bonchev–Trinajstić information content (AvgIpc) is 2.45. The molecule has 2 N–H and O–H groups in total. The highest BCUT2D eigenvalue weighted by atomic mass is 127. The van der Waals surface area contributed by atoms with Gasteiger partial charge in [0.1, 0.15) is 0 Å². The molecule has 20 heavy (non-hydrogen) atoms. The average molecular weight is 410 g/mol. The summed E-state index contributed by atoms with van der Waals surface area (Å²) in [5.74, 6) is 0. The predicted molar refractivity (Wildman–Crippen MR) is 91.5 cm³/mol. The molecule has 3 nitrogen and oxygen atoms in total. The fourth-order valence-electron chi connectivity index (χ4n) is 2.40. The van der Waals surface area contributed by atoms with E-state index < -0.39 is 6.10 Å². The van der Waals surface area contributed by atoms with Gasteiger partial charge in [0.2, 0.25) is 0 Å². The topological polar surface area (TPSA) is 41.5 Å². The zero-order valence-corrected chi connectivity index (χ0v) is 14.4. The van der Waals surface area contributed by atoms with Gasteiger partial charge in [0.15, 0.2) is 0 Å². The van der Waals surface area contributed by atoms with Gasteiger partial charge in [-0.3, -0.25) is 0 Å². The molecule has 1 aliphatic carbocycles. The van der Waals surface area contributed by atoms with Crippen LogP contribution in [-0.2, 0) is 4.74 Å². The second-order valence-corrected chi connectivity index (χ2v) is 6.91. The summed E-state index contributed by atoms with van der Waals surface area (Å²) < 4.78 is 6.85. The molecule has 1 aliphatic rings. The Balaban J connectivity index is 1.70. The van der Waals surface area contributed by atoms with Crippen molar-refractivity contribution in [3.63, 3.8) is 0 Å². The molecule has 0 amide bonds.